The molecule has 1 nitrogen and oxygen atoms in total. The van der Waals surface area contributed by atoms with E-state index in [9.17, 15) is 4.79 Å². The lowest BCUT2D eigenvalue weighted by atomic mass is 9.70. The van der Waals surface area contributed by atoms with Crippen LogP contribution in [0.1, 0.15) is 19.3 Å². The van der Waals surface area contributed by atoms with Gasteiger partial charge in [0.1, 0.15) is 5.78 Å². The monoisotopic (exact) mass is 200 g/mol. The highest BCUT2D eigenvalue weighted by atomic mass is 16.1. The van der Waals surface area contributed by atoms with Gasteiger partial charge in [-0.05, 0) is 42.9 Å². The molecule has 3 saturated carbocycles. The second-order valence-corrected chi connectivity index (χ2v) is 5.81. The molecule has 1 spiro atoms. The van der Waals surface area contributed by atoms with E-state index in [2.05, 4.69) is 24.8 Å². The molecule has 4 aliphatic rings. The van der Waals surface area contributed by atoms with Gasteiger partial charge in [-0.15, -0.1) is 6.58 Å². The van der Waals surface area contributed by atoms with Crippen molar-refractivity contribution in [2.24, 2.45) is 35.0 Å². The molecule has 3 fully saturated rings. The minimum atomic E-state index is 0.0481. The fourth-order valence-electron chi connectivity index (χ4n) is 4.89. The normalized spacial score (nSPS) is 58.9. The summed E-state index contributed by atoms with van der Waals surface area (Å²) in [6, 6.07) is 0. The average molecular weight is 200 g/mol. The molecule has 6 atom stereocenters. The summed E-state index contributed by atoms with van der Waals surface area (Å²) in [5.74, 6) is 3.59. The van der Waals surface area contributed by atoms with Crippen molar-refractivity contribution < 1.29 is 4.79 Å². The Kier molecular flexibility index (Phi) is 1.27. The van der Waals surface area contributed by atoms with Crippen molar-refractivity contribution in [3.8, 4) is 0 Å². The van der Waals surface area contributed by atoms with Crippen molar-refractivity contribution in [2.45, 2.75) is 19.3 Å². The maximum Gasteiger partial charge on any atom is 0.143 e. The highest BCUT2D eigenvalue weighted by Gasteiger charge is 2.73. The number of hydrogen-bond donors (Lipinski definition) is 0. The zero-order chi connectivity index (χ0) is 10.2. The van der Waals surface area contributed by atoms with Gasteiger partial charge in [-0.2, -0.15) is 0 Å². The molecule has 0 aromatic heterocycles. The SMILES string of the molecule is C=C[C@@H]1C[C@@H]2C=CC[C@@]23C(=O)[C@@H]2C[C@@H]2[C@@H]13. The molecule has 0 bridgehead atoms. The maximum atomic E-state index is 12.4. The lowest BCUT2D eigenvalue weighted by molar-refractivity contribution is -0.130. The third-order valence-corrected chi connectivity index (χ3v) is 5.47. The molecule has 0 aliphatic heterocycles. The first-order valence-corrected chi connectivity index (χ1v) is 6.12. The summed E-state index contributed by atoms with van der Waals surface area (Å²) in [6.07, 6.45) is 10.1. The smallest absolute Gasteiger partial charge is 0.143 e. The summed E-state index contributed by atoms with van der Waals surface area (Å²) < 4.78 is 0. The van der Waals surface area contributed by atoms with Gasteiger partial charge >= 0.3 is 0 Å². The predicted octanol–water partition coefficient (Wildman–Crippen LogP) is 2.59. The first-order valence-electron chi connectivity index (χ1n) is 6.12. The van der Waals surface area contributed by atoms with E-state index >= 15 is 0 Å². The van der Waals surface area contributed by atoms with Crippen LogP contribution in [0.4, 0.5) is 0 Å². The molecular weight excluding hydrogens is 184 g/mol. The van der Waals surface area contributed by atoms with E-state index in [0.29, 0.717) is 29.5 Å². The number of carbonyl (C=O) groups is 1. The number of carbonyl (C=O) groups excluding carboxylic acids is 1. The molecule has 15 heavy (non-hydrogen) atoms. The largest absolute Gasteiger partial charge is 0.299 e. The molecule has 0 N–H and O–H groups in total. The van der Waals surface area contributed by atoms with Gasteiger partial charge in [-0.1, -0.05) is 18.2 Å². The molecule has 0 heterocycles. The zero-order valence-corrected chi connectivity index (χ0v) is 8.86. The Balaban J connectivity index is 1.87. The molecule has 1 heteroatoms. The fourth-order valence-corrected chi connectivity index (χ4v) is 4.89. The fraction of sp³-hybridized carbons (Fsp3) is 0.643. The summed E-state index contributed by atoms with van der Waals surface area (Å²) >= 11 is 0. The minimum Gasteiger partial charge on any atom is -0.299 e. The standard InChI is InChI=1S/C14H16O/c1-2-8-6-9-4-3-5-14(9)12(8)10-7-11(10)13(14)15/h2-4,8-12H,1,5-7H2/t8-,9+,10+,11-,12-,14-/m1/s1. The average Bonchev–Trinajstić information content (AvgIpc) is 2.70. The Hall–Kier alpha value is -0.850. The van der Waals surface area contributed by atoms with Crippen LogP contribution in [-0.4, -0.2) is 5.78 Å². The van der Waals surface area contributed by atoms with Gasteiger partial charge in [0.05, 0.1) is 0 Å². The van der Waals surface area contributed by atoms with E-state index in [0.717, 1.165) is 12.3 Å². The molecular formula is C14H16O. The lowest BCUT2D eigenvalue weighted by Crippen LogP contribution is -2.35. The third-order valence-electron chi connectivity index (χ3n) is 5.47. The van der Waals surface area contributed by atoms with E-state index < -0.39 is 0 Å². The van der Waals surface area contributed by atoms with Gasteiger partial charge in [0.25, 0.3) is 0 Å². The molecule has 0 saturated heterocycles. The molecule has 0 aromatic carbocycles. The van der Waals surface area contributed by atoms with Crippen molar-refractivity contribution >= 4 is 5.78 Å². The molecule has 78 valence electrons. The topological polar surface area (TPSA) is 17.1 Å². The van der Waals surface area contributed by atoms with Crippen molar-refractivity contribution in [3.05, 3.63) is 24.8 Å². The molecule has 0 amide bonds. The Labute approximate surface area is 90.2 Å². The summed E-state index contributed by atoms with van der Waals surface area (Å²) in [5.41, 5.74) is 0.0481. The van der Waals surface area contributed by atoms with E-state index in [1.165, 1.54) is 12.8 Å². The van der Waals surface area contributed by atoms with Crippen LogP contribution in [-0.2, 0) is 4.79 Å². The van der Waals surface area contributed by atoms with Crippen LogP contribution in [0.5, 0.6) is 0 Å². The number of fused-ring (bicyclic) bond motifs is 2. The predicted molar refractivity (Wildman–Crippen MR) is 58.1 cm³/mol. The van der Waals surface area contributed by atoms with Gasteiger partial charge in [-0.3, -0.25) is 4.79 Å². The zero-order valence-electron chi connectivity index (χ0n) is 8.86. The number of allylic oxidation sites excluding steroid dienone is 3. The second kappa shape index (κ2) is 2.28. The van der Waals surface area contributed by atoms with Crippen LogP contribution < -0.4 is 0 Å². The van der Waals surface area contributed by atoms with Crippen molar-refractivity contribution in [2.75, 3.05) is 0 Å². The highest BCUT2D eigenvalue weighted by molar-refractivity contribution is 5.94. The van der Waals surface area contributed by atoms with E-state index in [-0.39, 0.29) is 5.41 Å². The Morgan fingerprint density at radius 2 is 2.33 bits per heavy atom. The quantitative estimate of drug-likeness (QED) is 0.595. The van der Waals surface area contributed by atoms with Crippen LogP contribution in [0, 0.1) is 35.0 Å². The molecule has 0 radical (unpaired) electrons. The Morgan fingerprint density at radius 3 is 3.13 bits per heavy atom. The van der Waals surface area contributed by atoms with Gasteiger partial charge in [0.2, 0.25) is 0 Å². The van der Waals surface area contributed by atoms with Crippen LogP contribution in [0.3, 0.4) is 0 Å². The summed E-state index contributed by atoms with van der Waals surface area (Å²) in [7, 11) is 0. The number of hydrogen-bond acceptors (Lipinski definition) is 1. The van der Waals surface area contributed by atoms with Gasteiger partial charge in [0.15, 0.2) is 0 Å². The second-order valence-electron chi connectivity index (χ2n) is 5.81. The summed E-state index contributed by atoms with van der Waals surface area (Å²) in [6.45, 7) is 3.97. The molecule has 4 rings (SSSR count). The van der Waals surface area contributed by atoms with E-state index in [1.54, 1.807) is 0 Å². The Bertz CT molecular complexity index is 394. The lowest BCUT2D eigenvalue weighted by Gasteiger charge is -2.31. The first-order chi connectivity index (χ1) is 7.29. The first kappa shape index (κ1) is 8.32. The molecule has 4 aliphatic carbocycles. The van der Waals surface area contributed by atoms with Crippen molar-refractivity contribution in [3.63, 3.8) is 0 Å². The van der Waals surface area contributed by atoms with E-state index in [1.807, 2.05) is 0 Å². The van der Waals surface area contributed by atoms with Crippen LogP contribution in [0.15, 0.2) is 24.8 Å². The number of rotatable bonds is 1. The summed E-state index contributed by atoms with van der Waals surface area (Å²) in [5, 5.41) is 0. The van der Waals surface area contributed by atoms with Crippen LogP contribution >= 0.6 is 0 Å². The molecule has 0 aromatic rings. The van der Waals surface area contributed by atoms with Crippen LogP contribution in [0.2, 0.25) is 0 Å². The Morgan fingerprint density at radius 1 is 1.47 bits per heavy atom. The third kappa shape index (κ3) is 0.705. The molecule has 0 unspecified atom stereocenters. The summed E-state index contributed by atoms with van der Waals surface area (Å²) in [4.78, 5) is 12.4. The van der Waals surface area contributed by atoms with Gasteiger partial charge < -0.3 is 0 Å². The van der Waals surface area contributed by atoms with Gasteiger partial charge in [0, 0.05) is 11.3 Å². The highest BCUT2D eigenvalue weighted by Crippen LogP contribution is 2.73. The van der Waals surface area contributed by atoms with Crippen LogP contribution in [0.25, 0.3) is 0 Å². The number of Topliss-reactive ketones (excluding diaryl/α,β-unsaturated/α-hetero) is 1. The van der Waals surface area contributed by atoms with Crippen molar-refractivity contribution in [1.29, 1.82) is 0 Å². The van der Waals surface area contributed by atoms with E-state index in [4.69, 9.17) is 0 Å². The minimum absolute atomic E-state index is 0.0481. The van der Waals surface area contributed by atoms with Gasteiger partial charge in [-0.25, -0.2) is 0 Å². The maximum absolute atomic E-state index is 12.4. The van der Waals surface area contributed by atoms with Crippen molar-refractivity contribution in [1.82, 2.24) is 0 Å². The number of ketones is 1.